The molecule has 2 atom stereocenters. The van der Waals surface area contributed by atoms with Crippen molar-refractivity contribution in [1.29, 1.82) is 5.26 Å². The Morgan fingerprint density at radius 2 is 1.43 bits per heavy atom. The summed E-state index contributed by atoms with van der Waals surface area (Å²) in [5, 5.41) is 18.5. The van der Waals surface area contributed by atoms with Gasteiger partial charge in [-0.05, 0) is 81.4 Å². The van der Waals surface area contributed by atoms with E-state index < -0.39 is 5.97 Å². The first kappa shape index (κ1) is 29.2. The number of rotatable bonds is 6. The summed E-state index contributed by atoms with van der Waals surface area (Å²) < 4.78 is 0. The molecule has 0 fully saturated rings. The van der Waals surface area contributed by atoms with Gasteiger partial charge in [-0.25, -0.2) is 4.79 Å². The molecular weight excluding hydrogens is 617 g/mol. The highest BCUT2D eigenvalue weighted by molar-refractivity contribution is 7.22. The van der Waals surface area contributed by atoms with Gasteiger partial charge in [0.25, 0.3) is 0 Å². The van der Waals surface area contributed by atoms with Crippen molar-refractivity contribution < 1.29 is 9.90 Å². The van der Waals surface area contributed by atoms with Crippen LogP contribution in [0.15, 0.2) is 127 Å². The second-order valence-electron chi connectivity index (χ2n) is 12.5. The molecule has 47 heavy (non-hydrogen) atoms. The number of fused-ring (bicyclic) bond motifs is 4. The third-order valence-corrected chi connectivity index (χ3v) is 11.9. The molecule has 1 N–H and O–H groups in total. The number of hydrogen-bond acceptors (Lipinski definition) is 5. The molecule has 1 aliphatic carbocycles. The van der Waals surface area contributed by atoms with Gasteiger partial charge in [0.2, 0.25) is 0 Å². The second-order valence-corrected chi connectivity index (χ2v) is 14.8. The van der Waals surface area contributed by atoms with Crippen LogP contribution in [0.2, 0.25) is 0 Å². The lowest BCUT2D eigenvalue weighted by Crippen LogP contribution is -2.27. The fourth-order valence-corrected chi connectivity index (χ4v) is 9.53. The van der Waals surface area contributed by atoms with Gasteiger partial charge in [0.15, 0.2) is 0 Å². The smallest absolute Gasteiger partial charge is 0.346 e. The van der Waals surface area contributed by atoms with E-state index in [2.05, 4.69) is 128 Å². The van der Waals surface area contributed by atoms with E-state index in [-0.39, 0.29) is 23.1 Å². The van der Waals surface area contributed by atoms with Crippen molar-refractivity contribution in [1.82, 2.24) is 0 Å². The Labute approximate surface area is 282 Å². The molecular formula is C41H30N2O2S2. The third-order valence-electron chi connectivity index (χ3n) is 9.52. The van der Waals surface area contributed by atoms with Crippen LogP contribution in [-0.2, 0) is 10.2 Å². The Morgan fingerprint density at radius 3 is 2.19 bits per heavy atom. The first-order valence-corrected chi connectivity index (χ1v) is 17.2. The summed E-state index contributed by atoms with van der Waals surface area (Å²) in [6.45, 7) is 4.67. The lowest BCUT2D eigenvalue weighted by Gasteiger charge is -2.34. The van der Waals surface area contributed by atoms with Crippen molar-refractivity contribution in [3.05, 3.63) is 164 Å². The number of para-hydroxylation sites is 1. The van der Waals surface area contributed by atoms with Gasteiger partial charge in [0, 0.05) is 30.6 Å². The number of benzene rings is 4. The summed E-state index contributed by atoms with van der Waals surface area (Å²) in [7, 11) is 0. The number of nitriles is 1. The fourth-order valence-electron chi connectivity index (χ4n) is 7.36. The molecule has 0 amide bonds. The van der Waals surface area contributed by atoms with Gasteiger partial charge in [0.05, 0.1) is 12.1 Å². The standard InChI is InChI=1S/C41H30N2O2S2/c1-41(2)33-15-9-8-12-29(33)30-18-16-25(23-34(30)41)38-31-13-6-7-14-32(31)39(43(38)27-10-4-3-5-11-27)37-21-20-36(47-37)35-19-17-28(46-35)22-26(24-42)40(44)45/h3-23,38-39H,1-2H3,(H,44,45)/b26-22+. The number of thiophene rings is 2. The van der Waals surface area contributed by atoms with Crippen molar-refractivity contribution in [2.45, 2.75) is 31.3 Å². The Balaban J connectivity index is 1.24. The van der Waals surface area contributed by atoms with E-state index in [0.29, 0.717) is 0 Å². The van der Waals surface area contributed by atoms with Crippen molar-refractivity contribution in [2.75, 3.05) is 4.90 Å². The van der Waals surface area contributed by atoms with Crippen LogP contribution in [0.5, 0.6) is 0 Å². The third kappa shape index (κ3) is 4.74. The number of aliphatic carboxylic acids is 1. The largest absolute Gasteiger partial charge is 0.477 e. The van der Waals surface area contributed by atoms with Crippen LogP contribution in [-0.4, -0.2) is 11.1 Å². The van der Waals surface area contributed by atoms with Crippen LogP contribution in [0, 0.1) is 11.3 Å². The van der Waals surface area contributed by atoms with E-state index in [9.17, 15) is 15.2 Å². The summed E-state index contributed by atoms with van der Waals surface area (Å²) in [5.74, 6) is -1.22. The van der Waals surface area contributed by atoms with Gasteiger partial charge in [0.1, 0.15) is 11.6 Å². The molecule has 2 aliphatic rings. The van der Waals surface area contributed by atoms with Crippen molar-refractivity contribution >= 4 is 40.4 Å². The highest BCUT2D eigenvalue weighted by atomic mass is 32.1. The number of carboxylic acid groups (broad SMARTS) is 1. The molecule has 6 aromatic rings. The van der Waals surface area contributed by atoms with Gasteiger partial charge in [-0.15, -0.1) is 22.7 Å². The quantitative estimate of drug-likeness (QED) is 0.144. The summed E-state index contributed by atoms with van der Waals surface area (Å²) in [6.07, 6.45) is 1.44. The molecule has 0 spiro atoms. The first-order chi connectivity index (χ1) is 22.8. The normalized spacial score (nSPS) is 17.6. The van der Waals surface area contributed by atoms with Crippen molar-refractivity contribution in [2.24, 2.45) is 0 Å². The van der Waals surface area contributed by atoms with Crippen LogP contribution in [0.1, 0.15) is 63.5 Å². The Morgan fingerprint density at radius 1 is 0.766 bits per heavy atom. The summed E-state index contributed by atoms with van der Waals surface area (Å²) in [4.78, 5) is 18.1. The maximum Gasteiger partial charge on any atom is 0.346 e. The Hall–Kier alpha value is -5.22. The van der Waals surface area contributed by atoms with Crippen LogP contribution >= 0.6 is 22.7 Å². The van der Waals surface area contributed by atoms with Crippen LogP contribution in [0.4, 0.5) is 5.69 Å². The minimum absolute atomic E-state index is 0.00680. The molecule has 8 rings (SSSR count). The molecule has 2 unspecified atom stereocenters. The van der Waals surface area contributed by atoms with Gasteiger partial charge >= 0.3 is 5.97 Å². The minimum Gasteiger partial charge on any atom is -0.477 e. The molecule has 0 saturated heterocycles. The van der Waals surface area contributed by atoms with E-state index in [1.807, 2.05) is 12.1 Å². The number of carbonyl (C=O) groups is 1. The number of hydrogen-bond donors (Lipinski definition) is 1. The summed E-state index contributed by atoms with van der Waals surface area (Å²) >= 11 is 3.26. The number of carboxylic acids is 1. The van der Waals surface area contributed by atoms with E-state index >= 15 is 0 Å². The topological polar surface area (TPSA) is 64.3 Å². The van der Waals surface area contributed by atoms with Gasteiger partial charge in [-0.1, -0.05) is 98.8 Å². The monoisotopic (exact) mass is 646 g/mol. The molecule has 3 heterocycles. The highest BCUT2D eigenvalue weighted by Crippen LogP contribution is 2.55. The molecule has 0 saturated carbocycles. The first-order valence-electron chi connectivity index (χ1n) is 15.6. The van der Waals surface area contributed by atoms with E-state index in [1.165, 1.54) is 61.2 Å². The highest BCUT2D eigenvalue weighted by Gasteiger charge is 2.42. The Kier molecular flexibility index (Phi) is 6.98. The lowest BCUT2D eigenvalue weighted by molar-refractivity contribution is -0.132. The second kappa shape index (κ2) is 11.2. The van der Waals surface area contributed by atoms with E-state index in [0.717, 1.165) is 20.3 Å². The van der Waals surface area contributed by atoms with Gasteiger partial charge < -0.3 is 10.0 Å². The number of nitrogens with zero attached hydrogens (tertiary/aromatic N) is 2. The average molecular weight is 647 g/mol. The lowest BCUT2D eigenvalue weighted by atomic mass is 9.81. The fraction of sp³-hybridized carbons (Fsp3) is 0.122. The zero-order valence-corrected chi connectivity index (χ0v) is 27.5. The zero-order valence-electron chi connectivity index (χ0n) is 25.8. The molecule has 2 aromatic heterocycles. The minimum atomic E-state index is -1.22. The SMILES string of the molecule is CC1(C)c2ccccc2-c2ccc(C3c4ccccc4C(c4ccc(-c5ccc(/C=C(\C#N)C(=O)O)s5)s4)N3c3ccccc3)cc21. The predicted molar refractivity (Wildman–Crippen MR) is 192 cm³/mol. The van der Waals surface area contributed by atoms with E-state index in [1.54, 1.807) is 17.4 Å². The summed E-state index contributed by atoms with van der Waals surface area (Å²) in [5.41, 5.74) is 10.1. The van der Waals surface area contributed by atoms with Crippen molar-refractivity contribution in [3.63, 3.8) is 0 Å². The van der Waals surface area contributed by atoms with Crippen molar-refractivity contribution in [3.8, 4) is 27.0 Å². The average Bonchev–Trinajstić information content (AvgIpc) is 3.87. The number of anilines is 1. The maximum absolute atomic E-state index is 11.4. The summed E-state index contributed by atoms with van der Waals surface area (Å²) in [6, 6.07) is 45.5. The molecule has 4 aromatic carbocycles. The van der Waals surface area contributed by atoms with Gasteiger partial charge in [-0.3, -0.25) is 0 Å². The molecule has 6 heteroatoms. The molecule has 0 bridgehead atoms. The molecule has 4 nitrogen and oxygen atoms in total. The Bertz CT molecular complexity index is 2250. The van der Waals surface area contributed by atoms with Gasteiger partial charge in [-0.2, -0.15) is 5.26 Å². The van der Waals surface area contributed by atoms with Crippen LogP contribution in [0.25, 0.3) is 27.0 Å². The molecule has 1 aliphatic heterocycles. The molecule has 0 radical (unpaired) electrons. The van der Waals surface area contributed by atoms with Crippen LogP contribution in [0.3, 0.4) is 0 Å². The zero-order chi connectivity index (χ0) is 32.3. The predicted octanol–water partition coefficient (Wildman–Crippen LogP) is 10.5. The van der Waals surface area contributed by atoms with Crippen LogP contribution < -0.4 is 4.90 Å². The molecule has 228 valence electrons. The maximum atomic E-state index is 11.4. The van der Waals surface area contributed by atoms with E-state index in [4.69, 9.17) is 0 Å².